The molecular formula is C18H29F. The molecule has 0 nitrogen and oxygen atoms in total. The fraction of sp³-hybridized carbons (Fsp3) is 0.667. The van der Waals surface area contributed by atoms with Crippen molar-refractivity contribution in [2.24, 2.45) is 0 Å². The SMILES string of the molecule is CCCCCCCCCCCc1ccc(C)c(F)c1. The van der Waals surface area contributed by atoms with E-state index in [-0.39, 0.29) is 5.82 Å². The van der Waals surface area contributed by atoms with Gasteiger partial charge in [0, 0.05) is 0 Å². The lowest BCUT2D eigenvalue weighted by Gasteiger charge is -2.04. The lowest BCUT2D eigenvalue weighted by atomic mass is 10.0. The van der Waals surface area contributed by atoms with Crippen molar-refractivity contribution in [1.82, 2.24) is 0 Å². The molecule has 0 aromatic heterocycles. The van der Waals surface area contributed by atoms with Gasteiger partial charge >= 0.3 is 0 Å². The van der Waals surface area contributed by atoms with Gasteiger partial charge in [0.15, 0.2) is 0 Å². The molecule has 0 unspecified atom stereocenters. The zero-order valence-corrected chi connectivity index (χ0v) is 12.7. The van der Waals surface area contributed by atoms with E-state index in [0.29, 0.717) is 0 Å². The van der Waals surface area contributed by atoms with E-state index in [4.69, 9.17) is 0 Å². The minimum absolute atomic E-state index is 0.0616. The molecule has 108 valence electrons. The molecular weight excluding hydrogens is 235 g/mol. The van der Waals surface area contributed by atoms with E-state index in [2.05, 4.69) is 13.0 Å². The van der Waals surface area contributed by atoms with Crippen molar-refractivity contribution in [3.8, 4) is 0 Å². The molecule has 0 bridgehead atoms. The Morgan fingerprint density at radius 3 is 2.00 bits per heavy atom. The Morgan fingerprint density at radius 2 is 1.42 bits per heavy atom. The molecule has 0 aliphatic heterocycles. The van der Waals surface area contributed by atoms with Gasteiger partial charge in [-0.1, -0.05) is 70.4 Å². The summed E-state index contributed by atoms with van der Waals surface area (Å²) in [6, 6.07) is 5.64. The molecule has 1 aromatic rings. The highest BCUT2D eigenvalue weighted by atomic mass is 19.1. The number of aryl methyl sites for hydroxylation is 2. The summed E-state index contributed by atoms with van der Waals surface area (Å²) in [5, 5.41) is 0. The smallest absolute Gasteiger partial charge is 0.126 e. The molecule has 0 atom stereocenters. The highest BCUT2D eigenvalue weighted by Gasteiger charge is 1.99. The van der Waals surface area contributed by atoms with E-state index in [1.54, 1.807) is 6.07 Å². The Labute approximate surface area is 118 Å². The minimum Gasteiger partial charge on any atom is -0.207 e. The van der Waals surface area contributed by atoms with Gasteiger partial charge in [-0.05, 0) is 37.0 Å². The summed E-state index contributed by atoms with van der Waals surface area (Å²) >= 11 is 0. The van der Waals surface area contributed by atoms with E-state index in [1.807, 2.05) is 13.0 Å². The van der Waals surface area contributed by atoms with Crippen molar-refractivity contribution in [2.75, 3.05) is 0 Å². The summed E-state index contributed by atoms with van der Waals surface area (Å²) < 4.78 is 13.4. The average molecular weight is 264 g/mol. The average Bonchev–Trinajstić information content (AvgIpc) is 2.41. The third-order valence-corrected chi connectivity index (χ3v) is 3.81. The second kappa shape index (κ2) is 10.00. The van der Waals surface area contributed by atoms with Crippen molar-refractivity contribution in [3.63, 3.8) is 0 Å². The highest BCUT2D eigenvalue weighted by Crippen LogP contribution is 2.14. The van der Waals surface area contributed by atoms with Crippen LogP contribution in [0.3, 0.4) is 0 Å². The van der Waals surface area contributed by atoms with Crippen LogP contribution in [0.5, 0.6) is 0 Å². The molecule has 0 aliphatic carbocycles. The van der Waals surface area contributed by atoms with Crippen LogP contribution in [0.4, 0.5) is 4.39 Å². The zero-order chi connectivity index (χ0) is 13.9. The first-order valence-corrected chi connectivity index (χ1v) is 7.99. The van der Waals surface area contributed by atoms with Crippen molar-refractivity contribution in [3.05, 3.63) is 35.1 Å². The van der Waals surface area contributed by atoms with Gasteiger partial charge in [-0.3, -0.25) is 0 Å². The van der Waals surface area contributed by atoms with Crippen LogP contribution in [-0.2, 0) is 6.42 Å². The molecule has 0 radical (unpaired) electrons. The van der Waals surface area contributed by atoms with Crippen molar-refractivity contribution < 1.29 is 4.39 Å². The van der Waals surface area contributed by atoms with Crippen LogP contribution in [0.2, 0.25) is 0 Å². The number of hydrogen-bond donors (Lipinski definition) is 0. The summed E-state index contributed by atoms with van der Waals surface area (Å²) in [5.41, 5.74) is 1.89. The number of halogens is 1. The first kappa shape index (κ1) is 16.2. The molecule has 19 heavy (non-hydrogen) atoms. The van der Waals surface area contributed by atoms with Crippen LogP contribution >= 0.6 is 0 Å². The van der Waals surface area contributed by atoms with Gasteiger partial charge in [0.1, 0.15) is 5.82 Å². The van der Waals surface area contributed by atoms with Crippen LogP contribution in [0.15, 0.2) is 18.2 Å². The van der Waals surface area contributed by atoms with Gasteiger partial charge in [-0.15, -0.1) is 0 Å². The lowest BCUT2D eigenvalue weighted by molar-refractivity contribution is 0.564. The monoisotopic (exact) mass is 264 g/mol. The number of rotatable bonds is 10. The van der Waals surface area contributed by atoms with E-state index >= 15 is 0 Å². The Morgan fingerprint density at radius 1 is 0.842 bits per heavy atom. The minimum atomic E-state index is -0.0616. The third-order valence-electron chi connectivity index (χ3n) is 3.81. The van der Waals surface area contributed by atoms with Crippen LogP contribution in [-0.4, -0.2) is 0 Å². The fourth-order valence-electron chi connectivity index (χ4n) is 2.43. The second-order valence-electron chi connectivity index (χ2n) is 5.66. The quantitative estimate of drug-likeness (QED) is 0.441. The van der Waals surface area contributed by atoms with E-state index in [0.717, 1.165) is 17.5 Å². The molecule has 0 aliphatic rings. The first-order valence-electron chi connectivity index (χ1n) is 7.99. The number of hydrogen-bond acceptors (Lipinski definition) is 0. The van der Waals surface area contributed by atoms with Gasteiger partial charge in [0.2, 0.25) is 0 Å². The Hall–Kier alpha value is -0.850. The highest BCUT2D eigenvalue weighted by molar-refractivity contribution is 5.23. The van der Waals surface area contributed by atoms with Crippen molar-refractivity contribution in [1.29, 1.82) is 0 Å². The topological polar surface area (TPSA) is 0 Å². The van der Waals surface area contributed by atoms with Gasteiger partial charge in [-0.25, -0.2) is 4.39 Å². The zero-order valence-electron chi connectivity index (χ0n) is 12.7. The Balaban J connectivity index is 2.00. The summed E-state index contributed by atoms with van der Waals surface area (Å²) in [5.74, 6) is -0.0616. The molecule has 0 fully saturated rings. The summed E-state index contributed by atoms with van der Waals surface area (Å²) in [7, 11) is 0. The van der Waals surface area contributed by atoms with Gasteiger partial charge in [0.05, 0.1) is 0 Å². The van der Waals surface area contributed by atoms with Crippen LogP contribution in [0.25, 0.3) is 0 Å². The maximum Gasteiger partial charge on any atom is 0.126 e. The standard InChI is InChI=1S/C18H29F/c1-3-4-5-6-7-8-9-10-11-12-17-14-13-16(2)18(19)15-17/h13-15H,3-12H2,1-2H3. The van der Waals surface area contributed by atoms with E-state index < -0.39 is 0 Å². The summed E-state index contributed by atoms with van der Waals surface area (Å²) in [6.07, 6.45) is 13.1. The molecule has 1 aromatic carbocycles. The van der Waals surface area contributed by atoms with Crippen LogP contribution in [0, 0.1) is 12.7 Å². The predicted molar refractivity (Wildman–Crippen MR) is 82.1 cm³/mol. The normalized spacial score (nSPS) is 10.9. The van der Waals surface area contributed by atoms with Crippen LogP contribution in [0.1, 0.15) is 75.8 Å². The molecule has 0 saturated carbocycles. The number of benzene rings is 1. The molecule has 0 amide bonds. The predicted octanol–water partition coefficient (Wildman–Crippen LogP) is 6.21. The molecule has 0 N–H and O–H groups in total. The second-order valence-corrected chi connectivity index (χ2v) is 5.66. The summed E-state index contributed by atoms with van der Waals surface area (Å²) in [6.45, 7) is 4.07. The number of unbranched alkanes of at least 4 members (excludes halogenated alkanes) is 8. The van der Waals surface area contributed by atoms with Gasteiger partial charge < -0.3 is 0 Å². The molecule has 0 spiro atoms. The van der Waals surface area contributed by atoms with E-state index in [1.165, 1.54) is 57.8 Å². The molecule has 0 heterocycles. The lowest BCUT2D eigenvalue weighted by Crippen LogP contribution is -1.90. The van der Waals surface area contributed by atoms with E-state index in [9.17, 15) is 4.39 Å². The Kier molecular flexibility index (Phi) is 8.53. The van der Waals surface area contributed by atoms with Gasteiger partial charge in [0.25, 0.3) is 0 Å². The fourth-order valence-corrected chi connectivity index (χ4v) is 2.43. The largest absolute Gasteiger partial charge is 0.207 e. The van der Waals surface area contributed by atoms with Crippen LogP contribution < -0.4 is 0 Å². The molecule has 1 heteroatoms. The van der Waals surface area contributed by atoms with Crippen molar-refractivity contribution >= 4 is 0 Å². The molecule has 1 rings (SSSR count). The maximum atomic E-state index is 13.4. The summed E-state index contributed by atoms with van der Waals surface area (Å²) in [4.78, 5) is 0. The van der Waals surface area contributed by atoms with Gasteiger partial charge in [-0.2, -0.15) is 0 Å². The van der Waals surface area contributed by atoms with Crippen molar-refractivity contribution in [2.45, 2.75) is 78.1 Å². The third kappa shape index (κ3) is 7.34. The molecule has 0 saturated heterocycles. The Bertz CT molecular complexity index is 344. The first-order chi connectivity index (χ1) is 9.24. The maximum absolute atomic E-state index is 13.4.